The molecule has 2 rings (SSSR count). The van der Waals surface area contributed by atoms with E-state index in [2.05, 4.69) is 21.5 Å². The van der Waals surface area contributed by atoms with E-state index < -0.39 is 6.36 Å². The third-order valence-electron chi connectivity index (χ3n) is 3.28. The van der Waals surface area contributed by atoms with Gasteiger partial charge in [0.05, 0.1) is 0 Å². The topological polar surface area (TPSA) is 15.7 Å². The van der Waals surface area contributed by atoms with Crippen LogP contribution in [0, 0.1) is 6.92 Å². The molecule has 0 spiro atoms. The summed E-state index contributed by atoms with van der Waals surface area (Å²) in [6.45, 7) is 8.49. The largest absolute Gasteiger partial charge is 0.573 e. The van der Waals surface area contributed by atoms with Crippen LogP contribution in [0.3, 0.4) is 0 Å². The molecule has 0 aliphatic carbocycles. The Morgan fingerprint density at radius 3 is 2.15 bits per heavy atom. The highest BCUT2D eigenvalue weighted by Gasteiger charge is 2.31. The Hall–Kier alpha value is -1.43. The van der Waals surface area contributed by atoms with Gasteiger partial charge < -0.3 is 9.64 Å². The predicted molar refractivity (Wildman–Crippen MR) is 71.8 cm³/mol. The van der Waals surface area contributed by atoms with Crippen LogP contribution < -0.4 is 9.64 Å². The van der Waals surface area contributed by atoms with E-state index in [4.69, 9.17) is 0 Å². The Bertz CT molecular complexity index is 411. The molecule has 1 fully saturated rings. The van der Waals surface area contributed by atoms with Crippen LogP contribution in [0.15, 0.2) is 24.3 Å². The predicted octanol–water partition coefficient (Wildman–Crippen LogP) is 2.93. The highest BCUT2D eigenvalue weighted by atomic mass is 19.4. The van der Waals surface area contributed by atoms with Gasteiger partial charge >= 0.3 is 6.36 Å². The van der Waals surface area contributed by atoms with E-state index in [0.717, 1.165) is 44.8 Å². The summed E-state index contributed by atoms with van der Waals surface area (Å²) in [7, 11) is 0. The molecule has 1 aromatic rings. The second-order valence-corrected chi connectivity index (χ2v) is 4.72. The molecule has 0 aromatic heterocycles. The average Bonchev–Trinajstić information content (AvgIpc) is 2.39. The van der Waals surface area contributed by atoms with Crippen molar-refractivity contribution in [2.24, 2.45) is 0 Å². The summed E-state index contributed by atoms with van der Waals surface area (Å²) < 4.78 is 40.1. The molecule has 1 heterocycles. The van der Waals surface area contributed by atoms with Gasteiger partial charge in [-0.15, -0.1) is 13.2 Å². The molecule has 6 heteroatoms. The zero-order valence-electron chi connectivity index (χ0n) is 11.2. The Morgan fingerprint density at radius 2 is 1.65 bits per heavy atom. The molecule has 1 saturated heterocycles. The lowest BCUT2D eigenvalue weighted by Crippen LogP contribution is -2.46. The number of anilines is 1. The van der Waals surface area contributed by atoms with E-state index in [1.807, 2.05) is 0 Å². The number of piperazine rings is 1. The van der Waals surface area contributed by atoms with Crippen molar-refractivity contribution >= 4 is 5.69 Å². The fraction of sp³-hybridized carbons (Fsp3) is 0.500. The molecule has 0 unspecified atom stereocenters. The van der Waals surface area contributed by atoms with Crippen molar-refractivity contribution in [1.82, 2.24) is 4.90 Å². The van der Waals surface area contributed by atoms with Crippen LogP contribution in [0.5, 0.6) is 5.75 Å². The first-order valence-corrected chi connectivity index (χ1v) is 6.60. The number of nitrogens with zero attached hydrogens (tertiary/aromatic N) is 2. The maximum atomic E-state index is 12.1. The lowest BCUT2D eigenvalue weighted by Gasteiger charge is -2.36. The van der Waals surface area contributed by atoms with Gasteiger partial charge in [0.1, 0.15) is 5.75 Å². The van der Waals surface area contributed by atoms with Crippen LogP contribution in [0.25, 0.3) is 0 Å². The van der Waals surface area contributed by atoms with Gasteiger partial charge in [-0.25, -0.2) is 0 Å². The van der Waals surface area contributed by atoms with E-state index in [9.17, 15) is 13.2 Å². The van der Waals surface area contributed by atoms with Crippen molar-refractivity contribution in [3.63, 3.8) is 0 Å². The second-order valence-electron chi connectivity index (χ2n) is 4.72. The highest BCUT2D eigenvalue weighted by Crippen LogP contribution is 2.25. The Labute approximate surface area is 116 Å². The Morgan fingerprint density at radius 1 is 1.05 bits per heavy atom. The number of benzene rings is 1. The lowest BCUT2D eigenvalue weighted by molar-refractivity contribution is -0.274. The van der Waals surface area contributed by atoms with Gasteiger partial charge in [-0.1, -0.05) is 6.92 Å². The minimum absolute atomic E-state index is 0.183. The van der Waals surface area contributed by atoms with Crippen molar-refractivity contribution < 1.29 is 17.9 Å². The number of ether oxygens (including phenoxy) is 1. The van der Waals surface area contributed by atoms with Gasteiger partial charge in [-0.3, -0.25) is 4.90 Å². The van der Waals surface area contributed by atoms with Crippen LogP contribution in [-0.2, 0) is 0 Å². The third-order valence-corrected chi connectivity index (χ3v) is 3.28. The van der Waals surface area contributed by atoms with Gasteiger partial charge in [-0.2, -0.15) is 0 Å². The van der Waals surface area contributed by atoms with Crippen molar-refractivity contribution in [2.75, 3.05) is 37.6 Å². The fourth-order valence-corrected chi connectivity index (χ4v) is 2.31. The SMILES string of the molecule is [CH2]CCN1CCN(c2ccc(OC(F)(F)F)cc2)CC1. The molecule has 3 nitrogen and oxygen atoms in total. The molecule has 0 bridgehead atoms. The summed E-state index contributed by atoms with van der Waals surface area (Å²) in [6, 6.07) is 6.03. The molecular formula is C14H18F3N2O. The standard InChI is InChI=1S/C14H18F3N2O/c1-2-7-18-8-10-19(11-9-18)12-3-5-13(6-4-12)20-14(15,16)17/h3-6H,1-2,7-11H2. The zero-order valence-corrected chi connectivity index (χ0v) is 11.2. The molecule has 1 aliphatic rings. The van der Waals surface area contributed by atoms with E-state index in [0.29, 0.717) is 0 Å². The maximum Gasteiger partial charge on any atom is 0.573 e. The highest BCUT2D eigenvalue weighted by molar-refractivity contribution is 5.49. The summed E-state index contributed by atoms with van der Waals surface area (Å²) >= 11 is 0. The van der Waals surface area contributed by atoms with Gasteiger partial charge in [-0.05, 0) is 37.2 Å². The first-order chi connectivity index (χ1) is 9.48. The van der Waals surface area contributed by atoms with Crippen LogP contribution >= 0.6 is 0 Å². The van der Waals surface area contributed by atoms with Crippen molar-refractivity contribution in [3.05, 3.63) is 31.2 Å². The number of rotatable bonds is 4. The van der Waals surface area contributed by atoms with Crippen LogP contribution in [0.1, 0.15) is 6.42 Å². The van der Waals surface area contributed by atoms with Crippen LogP contribution in [0.4, 0.5) is 18.9 Å². The summed E-state index contributed by atoms with van der Waals surface area (Å²) in [5.41, 5.74) is 0.925. The van der Waals surface area contributed by atoms with Gasteiger partial charge in [0, 0.05) is 31.9 Å². The van der Waals surface area contributed by atoms with Crippen molar-refractivity contribution in [2.45, 2.75) is 12.8 Å². The normalized spacial score (nSPS) is 17.3. The van der Waals surface area contributed by atoms with Crippen LogP contribution in [-0.4, -0.2) is 44.0 Å². The van der Waals surface area contributed by atoms with E-state index in [-0.39, 0.29) is 5.75 Å². The summed E-state index contributed by atoms with van der Waals surface area (Å²) in [4.78, 5) is 4.50. The number of halogens is 3. The molecular weight excluding hydrogens is 269 g/mol. The molecule has 1 aliphatic heterocycles. The van der Waals surface area contributed by atoms with E-state index >= 15 is 0 Å². The fourth-order valence-electron chi connectivity index (χ4n) is 2.31. The molecule has 0 atom stereocenters. The van der Waals surface area contributed by atoms with Gasteiger partial charge in [0.2, 0.25) is 0 Å². The molecule has 1 aromatic carbocycles. The summed E-state index contributed by atoms with van der Waals surface area (Å²) in [5.74, 6) is -0.183. The minimum atomic E-state index is -4.64. The number of hydrogen-bond donors (Lipinski definition) is 0. The number of hydrogen-bond acceptors (Lipinski definition) is 3. The van der Waals surface area contributed by atoms with Gasteiger partial charge in [0.15, 0.2) is 0 Å². The molecule has 20 heavy (non-hydrogen) atoms. The smallest absolute Gasteiger partial charge is 0.406 e. The first-order valence-electron chi connectivity index (χ1n) is 6.60. The Kier molecular flexibility index (Phi) is 4.75. The average molecular weight is 287 g/mol. The molecule has 111 valence electrons. The molecule has 0 saturated carbocycles. The molecule has 1 radical (unpaired) electrons. The number of alkyl halides is 3. The molecule has 0 amide bonds. The lowest BCUT2D eigenvalue weighted by atomic mass is 10.2. The van der Waals surface area contributed by atoms with E-state index in [1.165, 1.54) is 12.1 Å². The second kappa shape index (κ2) is 6.35. The summed E-state index contributed by atoms with van der Waals surface area (Å²) in [5, 5.41) is 0. The molecule has 0 N–H and O–H groups in total. The van der Waals surface area contributed by atoms with Crippen LogP contribution in [0.2, 0.25) is 0 Å². The minimum Gasteiger partial charge on any atom is -0.406 e. The third kappa shape index (κ3) is 4.30. The maximum absolute atomic E-state index is 12.1. The summed E-state index contributed by atoms with van der Waals surface area (Å²) in [6.07, 6.45) is -3.75. The van der Waals surface area contributed by atoms with Crippen molar-refractivity contribution in [1.29, 1.82) is 0 Å². The van der Waals surface area contributed by atoms with E-state index in [1.54, 1.807) is 12.1 Å². The van der Waals surface area contributed by atoms with Gasteiger partial charge in [0.25, 0.3) is 0 Å². The monoisotopic (exact) mass is 287 g/mol. The Balaban J connectivity index is 1.91. The quantitative estimate of drug-likeness (QED) is 0.847. The zero-order chi connectivity index (χ0) is 14.6. The van der Waals surface area contributed by atoms with Crippen molar-refractivity contribution in [3.8, 4) is 5.75 Å². The first kappa shape index (κ1) is 15.0.